The lowest BCUT2D eigenvalue weighted by Crippen LogP contribution is -2.48. The van der Waals surface area contributed by atoms with E-state index in [0.29, 0.717) is 34.5 Å². The fourth-order valence-electron chi connectivity index (χ4n) is 3.64. The molecule has 3 rings (SSSR count). The lowest BCUT2D eigenvalue weighted by Gasteiger charge is -2.33. The number of rotatable bonds is 6. The largest absolute Gasteiger partial charge is 0.480 e. The molecule has 1 saturated heterocycles. The van der Waals surface area contributed by atoms with Crippen LogP contribution < -0.4 is 4.74 Å². The van der Waals surface area contributed by atoms with Crippen LogP contribution in [0.1, 0.15) is 32.4 Å². The summed E-state index contributed by atoms with van der Waals surface area (Å²) in [4.78, 5) is 19.1. The lowest BCUT2D eigenvalue weighted by molar-refractivity contribution is -0.137. The van der Waals surface area contributed by atoms with Crippen LogP contribution in [0.25, 0.3) is 10.9 Å². The summed E-state index contributed by atoms with van der Waals surface area (Å²) in [6.07, 6.45) is 1.16. The van der Waals surface area contributed by atoms with E-state index in [1.54, 1.807) is 11.0 Å². The molecule has 0 radical (unpaired) electrons. The number of aryl methyl sites for hydroxylation is 1. The minimum atomic E-state index is -3.11. The standard InChI is InChI=1S/C20H24Cl2N2O4S/c1-4-13(3)24(14-7-8-29(26,27)11-14)18(25)10-28-20-17(22)9-16(21)15-6-5-12(2)23-19(15)20/h5-6,9,13-14H,4,7-8,10-11H2,1-3H3/t13-,14-/m1/s1. The van der Waals surface area contributed by atoms with Crippen molar-refractivity contribution in [1.29, 1.82) is 0 Å². The maximum atomic E-state index is 13.0. The smallest absolute Gasteiger partial charge is 0.261 e. The van der Waals surface area contributed by atoms with Crippen LogP contribution in [0.5, 0.6) is 5.75 Å². The van der Waals surface area contributed by atoms with Gasteiger partial charge >= 0.3 is 0 Å². The van der Waals surface area contributed by atoms with Crippen LogP contribution >= 0.6 is 23.2 Å². The van der Waals surface area contributed by atoms with E-state index in [1.807, 2.05) is 32.9 Å². The molecule has 1 fully saturated rings. The Morgan fingerprint density at radius 1 is 1.34 bits per heavy atom. The van der Waals surface area contributed by atoms with Crippen LogP contribution in [-0.4, -0.2) is 54.4 Å². The predicted molar refractivity (Wildman–Crippen MR) is 116 cm³/mol. The first-order chi connectivity index (χ1) is 13.6. The number of halogens is 2. The Bertz CT molecular complexity index is 1040. The van der Waals surface area contributed by atoms with E-state index in [2.05, 4.69) is 4.98 Å². The van der Waals surface area contributed by atoms with Crippen molar-refractivity contribution in [3.05, 3.63) is 33.9 Å². The maximum Gasteiger partial charge on any atom is 0.261 e. The van der Waals surface area contributed by atoms with Gasteiger partial charge in [-0.25, -0.2) is 13.4 Å². The third-order valence-corrected chi connectivity index (χ3v) is 7.62. The number of aromatic nitrogens is 1. The molecular weight excluding hydrogens is 435 g/mol. The molecule has 0 saturated carbocycles. The van der Waals surface area contributed by atoms with Gasteiger partial charge in [-0.2, -0.15) is 0 Å². The second-order valence-electron chi connectivity index (χ2n) is 7.42. The number of amides is 1. The van der Waals surface area contributed by atoms with Crippen LogP contribution in [0.2, 0.25) is 10.0 Å². The summed E-state index contributed by atoms with van der Waals surface area (Å²) in [6.45, 7) is 5.46. The fraction of sp³-hybridized carbons (Fsp3) is 0.500. The molecular formula is C20H24Cl2N2O4S. The first kappa shape index (κ1) is 22.1. The molecule has 2 atom stereocenters. The second kappa shape index (κ2) is 8.66. The SMILES string of the molecule is CC[C@@H](C)N(C(=O)COc1c(Cl)cc(Cl)c2ccc(C)nc12)[C@@H]1CCS(=O)(=O)C1. The number of carbonyl (C=O) groups excluding carboxylic acids is 1. The molecule has 0 N–H and O–H groups in total. The fourth-order valence-corrected chi connectivity index (χ4v) is 5.92. The third-order valence-electron chi connectivity index (χ3n) is 5.27. The van der Waals surface area contributed by atoms with E-state index in [4.69, 9.17) is 27.9 Å². The average molecular weight is 459 g/mol. The molecule has 2 heterocycles. The van der Waals surface area contributed by atoms with Crippen LogP contribution in [0.15, 0.2) is 18.2 Å². The second-order valence-corrected chi connectivity index (χ2v) is 10.5. The molecule has 1 aliphatic rings. The summed E-state index contributed by atoms with van der Waals surface area (Å²) in [5.74, 6) is 0.129. The highest BCUT2D eigenvalue weighted by Crippen LogP contribution is 2.37. The van der Waals surface area contributed by atoms with Crippen molar-refractivity contribution in [2.45, 2.75) is 45.7 Å². The predicted octanol–water partition coefficient (Wildman–Crippen LogP) is 4.04. The molecule has 9 heteroatoms. The van der Waals surface area contributed by atoms with Gasteiger partial charge in [0.1, 0.15) is 5.52 Å². The number of nitrogens with zero attached hydrogens (tertiary/aromatic N) is 2. The molecule has 1 amide bonds. The van der Waals surface area contributed by atoms with Gasteiger partial charge in [-0.15, -0.1) is 0 Å². The maximum absolute atomic E-state index is 13.0. The van der Waals surface area contributed by atoms with Crippen molar-refractivity contribution >= 4 is 49.8 Å². The molecule has 6 nitrogen and oxygen atoms in total. The molecule has 1 aliphatic heterocycles. The topological polar surface area (TPSA) is 76.6 Å². The number of benzene rings is 1. The molecule has 0 unspecified atom stereocenters. The van der Waals surface area contributed by atoms with Gasteiger partial charge in [-0.05, 0) is 44.9 Å². The monoisotopic (exact) mass is 458 g/mol. The highest BCUT2D eigenvalue weighted by Gasteiger charge is 2.36. The number of carbonyl (C=O) groups is 1. The van der Waals surface area contributed by atoms with E-state index >= 15 is 0 Å². The van der Waals surface area contributed by atoms with Gasteiger partial charge in [0.05, 0.1) is 21.6 Å². The van der Waals surface area contributed by atoms with Gasteiger partial charge in [0.25, 0.3) is 5.91 Å². The van der Waals surface area contributed by atoms with Crippen molar-refractivity contribution in [2.75, 3.05) is 18.1 Å². The molecule has 2 aromatic rings. The van der Waals surface area contributed by atoms with E-state index in [1.165, 1.54) is 0 Å². The lowest BCUT2D eigenvalue weighted by atomic mass is 10.1. The van der Waals surface area contributed by atoms with Crippen molar-refractivity contribution in [3.63, 3.8) is 0 Å². The number of hydrogen-bond acceptors (Lipinski definition) is 5. The summed E-state index contributed by atoms with van der Waals surface area (Å²) >= 11 is 12.6. The number of fused-ring (bicyclic) bond motifs is 1. The molecule has 29 heavy (non-hydrogen) atoms. The van der Waals surface area contributed by atoms with Gasteiger partial charge in [0.2, 0.25) is 0 Å². The van der Waals surface area contributed by atoms with E-state index < -0.39 is 9.84 Å². The number of hydrogen-bond donors (Lipinski definition) is 0. The van der Waals surface area contributed by atoms with E-state index in [0.717, 1.165) is 5.69 Å². The van der Waals surface area contributed by atoms with Crippen molar-refractivity contribution in [1.82, 2.24) is 9.88 Å². The Hall–Kier alpha value is -1.57. The van der Waals surface area contributed by atoms with Crippen molar-refractivity contribution in [2.24, 2.45) is 0 Å². The Labute approximate surface area is 181 Å². The Morgan fingerprint density at radius 3 is 2.69 bits per heavy atom. The highest BCUT2D eigenvalue weighted by atomic mass is 35.5. The van der Waals surface area contributed by atoms with E-state index in [9.17, 15) is 13.2 Å². The summed E-state index contributed by atoms with van der Waals surface area (Å²) in [7, 11) is -3.11. The molecule has 1 aromatic heterocycles. The first-order valence-electron chi connectivity index (χ1n) is 9.52. The normalized spacial score (nSPS) is 19.3. The van der Waals surface area contributed by atoms with Crippen molar-refractivity contribution in [3.8, 4) is 5.75 Å². The Balaban J connectivity index is 1.86. The van der Waals surface area contributed by atoms with Crippen molar-refractivity contribution < 1.29 is 17.9 Å². The third kappa shape index (κ3) is 4.78. The summed E-state index contributed by atoms with van der Waals surface area (Å²) in [5, 5.41) is 1.41. The average Bonchev–Trinajstić information content (AvgIpc) is 3.00. The molecule has 1 aromatic carbocycles. The molecule has 158 valence electrons. The zero-order valence-electron chi connectivity index (χ0n) is 16.6. The zero-order valence-corrected chi connectivity index (χ0v) is 18.9. The van der Waals surface area contributed by atoms with Crippen LogP contribution in [0.3, 0.4) is 0 Å². The first-order valence-corrected chi connectivity index (χ1v) is 12.1. The Kier molecular flexibility index (Phi) is 6.61. The van der Waals surface area contributed by atoms with Crippen LogP contribution in [-0.2, 0) is 14.6 Å². The van der Waals surface area contributed by atoms with Gasteiger partial charge in [-0.1, -0.05) is 30.1 Å². The summed E-state index contributed by atoms with van der Waals surface area (Å²) in [5.41, 5.74) is 1.26. The molecule has 0 aliphatic carbocycles. The highest BCUT2D eigenvalue weighted by molar-refractivity contribution is 7.91. The minimum absolute atomic E-state index is 0.00549. The minimum Gasteiger partial charge on any atom is -0.480 e. The van der Waals surface area contributed by atoms with Gasteiger partial charge < -0.3 is 9.64 Å². The quantitative estimate of drug-likeness (QED) is 0.652. The van der Waals surface area contributed by atoms with Gasteiger partial charge in [0.15, 0.2) is 22.2 Å². The zero-order chi connectivity index (χ0) is 21.3. The Morgan fingerprint density at radius 2 is 2.07 bits per heavy atom. The van der Waals surface area contributed by atoms with Crippen LogP contribution in [0, 0.1) is 6.92 Å². The summed E-state index contributed by atoms with van der Waals surface area (Å²) in [6, 6.07) is 4.81. The molecule has 0 bridgehead atoms. The van der Waals surface area contributed by atoms with Gasteiger partial charge in [-0.3, -0.25) is 4.79 Å². The number of ether oxygens (including phenoxy) is 1. The van der Waals surface area contributed by atoms with Gasteiger partial charge in [0, 0.05) is 23.2 Å². The number of sulfone groups is 1. The molecule has 0 spiro atoms. The van der Waals surface area contributed by atoms with E-state index in [-0.39, 0.29) is 41.1 Å². The number of pyridine rings is 1. The van der Waals surface area contributed by atoms with Crippen LogP contribution in [0.4, 0.5) is 0 Å². The summed E-state index contributed by atoms with van der Waals surface area (Å²) < 4.78 is 29.6.